The van der Waals surface area contributed by atoms with Gasteiger partial charge in [-0.3, -0.25) is 4.79 Å². The second-order valence-corrected chi connectivity index (χ2v) is 8.29. The molecule has 0 spiro atoms. The molecule has 1 fully saturated rings. The number of amides is 2. The van der Waals surface area contributed by atoms with Gasteiger partial charge in [0.2, 0.25) is 5.91 Å². The highest BCUT2D eigenvalue weighted by Gasteiger charge is 2.28. The Labute approximate surface area is 152 Å². The predicted octanol–water partition coefficient (Wildman–Crippen LogP) is 2.99. The van der Waals surface area contributed by atoms with Crippen LogP contribution in [0, 0.1) is 5.92 Å². The fourth-order valence-corrected chi connectivity index (χ4v) is 4.77. The van der Waals surface area contributed by atoms with Gasteiger partial charge in [0, 0.05) is 4.88 Å². The number of thioether (sulfide) groups is 1. The van der Waals surface area contributed by atoms with Crippen molar-refractivity contribution in [1.82, 2.24) is 15.1 Å². The largest absolute Gasteiger partial charge is 0.447 e. The van der Waals surface area contributed by atoms with Crippen molar-refractivity contribution in [2.24, 2.45) is 5.92 Å². The third-order valence-corrected chi connectivity index (χ3v) is 6.36. The Morgan fingerprint density at radius 1 is 1.48 bits per heavy atom. The lowest BCUT2D eigenvalue weighted by atomic mass is 9.90. The molecule has 1 saturated heterocycles. The fraction of sp³-hybridized carbons (Fsp3) is 0.500. The molecule has 7 nitrogen and oxygen atoms in total. The first-order valence-electron chi connectivity index (χ1n) is 8.15. The van der Waals surface area contributed by atoms with Crippen LogP contribution in [-0.2, 0) is 22.4 Å². The van der Waals surface area contributed by atoms with Crippen LogP contribution in [0.25, 0.3) is 10.8 Å². The molecule has 9 heteroatoms. The lowest BCUT2D eigenvalue weighted by molar-refractivity contribution is -0.125. The number of fused-ring (bicyclic) bond motifs is 1. The summed E-state index contributed by atoms with van der Waals surface area (Å²) in [6, 6.07) is 2.14. The number of nitrogens with zero attached hydrogens (tertiary/aromatic N) is 3. The molecule has 2 aliphatic rings. The van der Waals surface area contributed by atoms with E-state index in [9.17, 15) is 9.59 Å². The molecule has 1 atom stereocenters. The number of carbonyl (C=O) groups excluding carboxylic acids is 2. The van der Waals surface area contributed by atoms with E-state index < -0.39 is 6.09 Å². The molecule has 1 aliphatic carbocycles. The highest BCUT2D eigenvalue weighted by atomic mass is 32.2. The van der Waals surface area contributed by atoms with Gasteiger partial charge < -0.3 is 9.15 Å². The number of hydrogen-bond donors (Lipinski definition) is 0. The Balaban J connectivity index is 1.41. The smallest absolute Gasteiger partial charge is 0.416 e. The van der Waals surface area contributed by atoms with Crippen LogP contribution in [0.3, 0.4) is 0 Å². The number of rotatable bonds is 4. The van der Waals surface area contributed by atoms with Gasteiger partial charge in [-0.15, -0.1) is 21.5 Å². The zero-order chi connectivity index (χ0) is 17.4. The second-order valence-electron chi connectivity index (χ2n) is 6.23. The van der Waals surface area contributed by atoms with Crippen LogP contribution in [0.5, 0.6) is 0 Å². The Bertz CT molecular complexity index is 816. The van der Waals surface area contributed by atoms with Crippen LogP contribution in [-0.4, -0.2) is 46.0 Å². The van der Waals surface area contributed by atoms with Gasteiger partial charge in [-0.25, -0.2) is 9.69 Å². The third kappa shape index (κ3) is 3.43. The molecular weight excluding hydrogens is 362 g/mol. The van der Waals surface area contributed by atoms with Gasteiger partial charge >= 0.3 is 6.09 Å². The van der Waals surface area contributed by atoms with E-state index in [4.69, 9.17) is 9.15 Å². The zero-order valence-electron chi connectivity index (χ0n) is 13.7. The molecule has 2 amide bonds. The Hall–Kier alpha value is -1.87. The van der Waals surface area contributed by atoms with Crippen molar-refractivity contribution < 1.29 is 18.7 Å². The second kappa shape index (κ2) is 6.80. The van der Waals surface area contributed by atoms with E-state index in [1.807, 2.05) is 0 Å². The molecule has 0 unspecified atom stereocenters. The average Bonchev–Trinajstić information content (AvgIpc) is 3.30. The summed E-state index contributed by atoms with van der Waals surface area (Å²) in [5.74, 6) is 0.956. The predicted molar refractivity (Wildman–Crippen MR) is 92.6 cm³/mol. The summed E-state index contributed by atoms with van der Waals surface area (Å²) in [5.41, 5.74) is 1.38. The number of thiophene rings is 1. The molecule has 3 heterocycles. The molecule has 1 aliphatic heterocycles. The van der Waals surface area contributed by atoms with E-state index in [2.05, 4.69) is 23.2 Å². The molecule has 0 saturated carbocycles. The highest BCUT2D eigenvalue weighted by Crippen LogP contribution is 2.37. The van der Waals surface area contributed by atoms with Crippen molar-refractivity contribution in [1.29, 1.82) is 0 Å². The Kier molecular flexibility index (Phi) is 4.51. The molecule has 25 heavy (non-hydrogen) atoms. The minimum Gasteiger partial charge on any atom is -0.447 e. The van der Waals surface area contributed by atoms with E-state index in [0.29, 0.717) is 23.6 Å². The molecule has 4 rings (SSSR count). The van der Waals surface area contributed by atoms with Crippen molar-refractivity contribution in [2.75, 3.05) is 18.9 Å². The number of cyclic esters (lactones) is 1. The first kappa shape index (κ1) is 16.6. The van der Waals surface area contributed by atoms with Gasteiger partial charge in [-0.2, -0.15) is 0 Å². The van der Waals surface area contributed by atoms with Crippen LogP contribution in [0.15, 0.2) is 15.7 Å². The van der Waals surface area contributed by atoms with Crippen LogP contribution in [0.4, 0.5) is 4.79 Å². The SMILES string of the molecule is C[C@H]1CCc2sc(-c3nnc(SCC(=O)N4CCOC4=O)o3)cc2C1. The summed E-state index contributed by atoms with van der Waals surface area (Å²) in [6.07, 6.45) is 2.84. The number of ether oxygens (including phenoxy) is 1. The molecular formula is C16H17N3O4S2. The van der Waals surface area contributed by atoms with Crippen molar-refractivity contribution >= 4 is 35.1 Å². The third-order valence-electron chi connectivity index (χ3n) is 4.33. The molecule has 0 bridgehead atoms. The van der Waals surface area contributed by atoms with Crippen molar-refractivity contribution in [2.45, 2.75) is 31.4 Å². The summed E-state index contributed by atoms with van der Waals surface area (Å²) in [6.45, 7) is 2.82. The molecule has 0 N–H and O–H groups in total. The molecule has 0 aromatic carbocycles. The van der Waals surface area contributed by atoms with Gasteiger partial charge in [0.05, 0.1) is 17.2 Å². The zero-order valence-corrected chi connectivity index (χ0v) is 15.3. The topological polar surface area (TPSA) is 85.5 Å². The first-order chi connectivity index (χ1) is 12.1. The van der Waals surface area contributed by atoms with Crippen molar-refractivity contribution in [3.05, 3.63) is 16.5 Å². The van der Waals surface area contributed by atoms with Crippen LogP contribution in [0.1, 0.15) is 23.8 Å². The number of hydrogen-bond acceptors (Lipinski definition) is 8. The van der Waals surface area contributed by atoms with E-state index >= 15 is 0 Å². The number of imide groups is 1. The van der Waals surface area contributed by atoms with Crippen molar-refractivity contribution in [3.63, 3.8) is 0 Å². The van der Waals surface area contributed by atoms with Gasteiger partial charge in [-0.1, -0.05) is 18.7 Å². The van der Waals surface area contributed by atoms with Gasteiger partial charge in [0.1, 0.15) is 6.61 Å². The molecule has 132 valence electrons. The average molecular weight is 379 g/mol. The maximum Gasteiger partial charge on any atom is 0.416 e. The van der Waals surface area contributed by atoms with E-state index in [0.717, 1.165) is 34.4 Å². The van der Waals surface area contributed by atoms with Gasteiger partial charge in [0.25, 0.3) is 11.1 Å². The molecule has 2 aromatic rings. The minimum atomic E-state index is -0.588. The Morgan fingerprint density at radius 2 is 2.36 bits per heavy atom. The van der Waals surface area contributed by atoms with Crippen molar-refractivity contribution in [3.8, 4) is 10.8 Å². The Morgan fingerprint density at radius 3 is 3.16 bits per heavy atom. The first-order valence-corrected chi connectivity index (χ1v) is 9.95. The summed E-state index contributed by atoms with van der Waals surface area (Å²) in [5, 5.41) is 8.42. The summed E-state index contributed by atoms with van der Waals surface area (Å²) in [4.78, 5) is 26.8. The number of carbonyl (C=O) groups is 2. The summed E-state index contributed by atoms with van der Waals surface area (Å²) < 4.78 is 10.4. The summed E-state index contributed by atoms with van der Waals surface area (Å²) >= 11 is 2.84. The van der Waals surface area contributed by atoms with E-state index in [1.165, 1.54) is 16.9 Å². The lowest BCUT2D eigenvalue weighted by Gasteiger charge is -2.16. The number of aromatic nitrogens is 2. The standard InChI is InChI=1S/C16H17N3O4S2/c1-9-2-3-11-10(6-9)7-12(25-11)14-17-18-15(23-14)24-8-13(20)19-4-5-22-16(19)21/h7,9H,2-6,8H2,1H3/t9-/m0/s1. The number of aryl methyl sites for hydroxylation is 1. The van der Waals surface area contributed by atoms with Gasteiger partial charge in [0.15, 0.2) is 0 Å². The van der Waals surface area contributed by atoms with E-state index in [1.54, 1.807) is 11.3 Å². The maximum atomic E-state index is 12.0. The van der Waals surface area contributed by atoms with Crippen LogP contribution in [0.2, 0.25) is 0 Å². The minimum absolute atomic E-state index is 0.0647. The van der Waals surface area contributed by atoms with Crippen LogP contribution >= 0.6 is 23.1 Å². The quantitative estimate of drug-likeness (QED) is 0.755. The summed E-state index contributed by atoms with van der Waals surface area (Å²) in [7, 11) is 0. The monoisotopic (exact) mass is 379 g/mol. The fourth-order valence-electron chi connectivity index (χ4n) is 3.00. The normalized spacial score (nSPS) is 19.8. The lowest BCUT2D eigenvalue weighted by Crippen LogP contribution is -2.32. The molecule has 0 radical (unpaired) electrons. The molecule has 2 aromatic heterocycles. The van der Waals surface area contributed by atoms with E-state index in [-0.39, 0.29) is 18.3 Å². The maximum absolute atomic E-state index is 12.0. The van der Waals surface area contributed by atoms with Crippen LogP contribution < -0.4 is 0 Å². The highest BCUT2D eigenvalue weighted by molar-refractivity contribution is 7.99. The van der Waals surface area contributed by atoms with Gasteiger partial charge in [-0.05, 0) is 36.8 Å².